The third-order valence-electron chi connectivity index (χ3n) is 4.56. The first-order chi connectivity index (χ1) is 12.8. The van der Waals surface area contributed by atoms with E-state index in [0.717, 1.165) is 37.5 Å². The van der Waals surface area contributed by atoms with Crippen molar-refractivity contribution in [2.45, 2.75) is 31.1 Å². The van der Waals surface area contributed by atoms with Gasteiger partial charge in [-0.25, -0.2) is 17.2 Å². The number of piperidine rings is 1. The normalized spacial score (nSPS) is 15.5. The molecule has 27 heavy (non-hydrogen) atoms. The number of anilines is 1. The molecule has 144 valence electrons. The average molecular weight is 394 g/mol. The summed E-state index contributed by atoms with van der Waals surface area (Å²) in [6.45, 7) is 2.65. The number of halogens is 2. The Labute approximate surface area is 157 Å². The summed E-state index contributed by atoms with van der Waals surface area (Å²) < 4.78 is 53.6. The Kier molecular flexibility index (Phi) is 5.57. The van der Waals surface area contributed by atoms with Crippen LogP contribution in [0, 0.1) is 18.6 Å². The molecule has 1 fully saturated rings. The Morgan fingerprint density at radius 2 is 1.70 bits per heavy atom. The lowest BCUT2D eigenvalue weighted by Gasteiger charge is -2.26. The predicted octanol–water partition coefficient (Wildman–Crippen LogP) is 3.70. The van der Waals surface area contributed by atoms with E-state index in [1.165, 1.54) is 10.4 Å². The fourth-order valence-electron chi connectivity index (χ4n) is 3.04. The molecule has 0 spiro atoms. The van der Waals surface area contributed by atoms with E-state index < -0.39 is 27.6 Å². The van der Waals surface area contributed by atoms with E-state index in [1.54, 1.807) is 19.1 Å². The number of rotatable bonds is 4. The van der Waals surface area contributed by atoms with Gasteiger partial charge in [0.1, 0.15) is 0 Å². The van der Waals surface area contributed by atoms with E-state index in [4.69, 9.17) is 0 Å². The van der Waals surface area contributed by atoms with Crippen LogP contribution in [0.4, 0.5) is 14.5 Å². The minimum Gasteiger partial charge on any atom is -0.322 e. The van der Waals surface area contributed by atoms with Crippen molar-refractivity contribution in [3.63, 3.8) is 0 Å². The topological polar surface area (TPSA) is 66.5 Å². The molecule has 0 aliphatic carbocycles. The minimum atomic E-state index is -3.66. The van der Waals surface area contributed by atoms with Crippen molar-refractivity contribution >= 4 is 21.6 Å². The summed E-state index contributed by atoms with van der Waals surface area (Å²) in [6.07, 6.45) is 2.66. The summed E-state index contributed by atoms with van der Waals surface area (Å²) in [5, 5.41) is 2.54. The first-order valence-electron chi connectivity index (χ1n) is 8.66. The van der Waals surface area contributed by atoms with Crippen molar-refractivity contribution < 1.29 is 22.0 Å². The first-order valence-corrected chi connectivity index (χ1v) is 10.1. The summed E-state index contributed by atoms with van der Waals surface area (Å²) in [5.74, 6) is -2.82. The molecule has 0 bridgehead atoms. The molecule has 5 nitrogen and oxygen atoms in total. The SMILES string of the molecule is Cc1ccc(NC(=O)c2ccc(F)c(F)c2)cc1S(=O)(=O)N1CCCCC1. The molecule has 1 N–H and O–H groups in total. The summed E-state index contributed by atoms with van der Waals surface area (Å²) >= 11 is 0. The van der Waals surface area contributed by atoms with Crippen molar-refractivity contribution in [2.24, 2.45) is 0 Å². The Balaban J connectivity index is 1.86. The number of benzene rings is 2. The van der Waals surface area contributed by atoms with Gasteiger partial charge in [0, 0.05) is 24.3 Å². The molecule has 0 atom stereocenters. The number of hydrogen-bond donors (Lipinski definition) is 1. The van der Waals surface area contributed by atoms with Crippen LogP contribution in [0.25, 0.3) is 0 Å². The van der Waals surface area contributed by atoms with Crippen LogP contribution in [0.3, 0.4) is 0 Å². The van der Waals surface area contributed by atoms with Crippen LogP contribution >= 0.6 is 0 Å². The lowest BCUT2D eigenvalue weighted by atomic mass is 10.2. The highest BCUT2D eigenvalue weighted by Gasteiger charge is 2.27. The van der Waals surface area contributed by atoms with Crippen molar-refractivity contribution in [3.8, 4) is 0 Å². The van der Waals surface area contributed by atoms with E-state index in [0.29, 0.717) is 18.7 Å². The maximum atomic E-state index is 13.3. The van der Waals surface area contributed by atoms with Gasteiger partial charge < -0.3 is 5.32 Å². The van der Waals surface area contributed by atoms with Crippen LogP contribution < -0.4 is 5.32 Å². The van der Waals surface area contributed by atoms with Gasteiger partial charge in [0.2, 0.25) is 10.0 Å². The van der Waals surface area contributed by atoms with E-state index in [1.807, 2.05) is 0 Å². The lowest BCUT2D eigenvalue weighted by Crippen LogP contribution is -2.36. The number of amides is 1. The molecule has 0 radical (unpaired) electrons. The maximum absolute atomic E-state index is 13.3. The van der Waals surface area contributed by atoms with Crippen LogP contribution in [0.5, 0.6) is 0 Å². The molecule has 0 saturated carbocycles. The highest BCUT2D eigenvalue weighted by Crippen LogP contribution is 2.26. The van der Waals surface area contributed by atoms with E-state index in [-0.39, 0.29) is 16.1 Å². The third kappa shape index (κ3) is 4.17. The summed E-state index contributed by atoms with van der Waals surface area (Å²) in [4.78, 5) is 12.4. The van der Waals surface area contributed by atoms with Gasteiger partial charge in [-0.15, -0.1) is 0 Å². The highest BCUT2D eigenvalue weighted by molar-refractivity contribution is 7.89. The zero-order valence-corrected chi connectivity index (χ0v) is 15.7. The first kappa shape index (κ1) is 19.4. The van der Waals surface area contributed by atoms with Crippen LogP contribution in [0.2, 0.25) is 0 Å². The number of sulfonamides is 1. The van der Waals surface area contributed by atoms with Crippen molar-refractivity contribution in [1.82, 2.24) is 4.31 Å². The zero-order valence-electron chi connectivity index (χ0n) is 14.8. The second-order valence-corrected chi connectivity index (χ2v) is 8.43. The van der Waals surface area contributed by atoms with Gasteiger partial charge in [-0.3, -0.25) is 4.79 Å². The van der Waals surface area contributed by atoms with Crippen LogP contribution in [-0.4, -0.2) is 31.7 Å². The van der Waals surface area contributed by atoms with Crippen LogP contribution in [0.15, 0.2) is 41.3 Å². The van der Waals surface area contributed by atoms with Crippen molar-refractivity contribution in [1.29, 1.82) is 0 Å². The maximum Gasteiger partial charge on any atom is 0.255 e. The average Bonchev–Trinajstić information content (AvgIpc) is 2.66. The van der Waals surface area contributed by atoms with Crippen LogP contribution in [0.1, 0.15) is 35.2 Å². The lowest BCUT2D eigenvalue weighted by molar-refractivity contribution is 0.102. The molecule has 8 heteroatoms. The van der Waals surface area contributed by atoms with E-state index >= 15 is 0 Å². The zero-order chi connectivity index (χ0) is 19.6. The smallest absolute Gasteiger partial charge is 0.255 e. The molecule has 1 saturated heterocycles. The minimum absolute atomic E-state index is 0.0603. The second-order valence-electron chi connectivity index (χ2n) is 6.53. The van der Waals surface area contributed by atoms with Crippen molar-refractivity contribution in [2.75, 3.05) is 18.4 Å². The number of hydrogen-bond acceptors (Lipinski definition) is 3. The van der Waals surface area contributed by atoms with Crippen molar-refractivity contribution in [3.05, 3.63) is 59.2 Å². The number of carbonyl (C=O) groups excluding carboxylic acids is 1. The molecule has 3 rings (SSSR count). The number of nitrogens with zero attached hydrogens (tertiary/aromatic N) is 1. The molecule has 1 aliphatic rings. The number of nitrogens with one attached hydrogen (secondary N) is 1. The quantitative estimate of drug-likeness (QED) is 0.860. The molecule has 1 amide bonds. The summed E-state index contributed by atoms with van der Waals surface area (Å²) in [6, 6.07) is 7.40. The van der Waals surface area contributed by atoms with Crippen LogP contribution in [-0.2, 0) is 10.0 Å². The fourth-order valence-corrected chi connectivity index (χ4v) is 4.81. The molecule has 2 aromatic rings. The van der Waals surface area contributed by atoms with E-state index in [9.17, 15) is 22.0 Å². The second kappa shape index (κ2) is 7.74. The Morgan fingerprint density at radius 3 is 2.37 bits per heavy atom. The third-order valence-corrected chi connectivity index (χ3v) is 6.60. The molecule has 0 aromatic heterocycles. The molecular formula is C19H20F2N2O3S. The number of aryl methyl sites for hydroxylation is 1. The fraction of sp³-hybridized carbons (Fsp3) is 0.316. The standard InChI is InChI=1S/C19H20F2N2O3S/c1-13-5-7-15(22-19(24)14-6-8-16(20)17(21)11-14)12-18(13)27(25,26)23-9-3-2-4-10-23/h5-8,11-12H,2-4,9-10H2,1H3,(H,22,24). The highest BCUT2D eigenvalue weighted by atomic mass is 32.2. The van der Waals surface area contributed by atoms with Gasteiger partial charge in [0.25, 0.3) is 5.91 Å². The van der Waals surface area contributed by atoms with E-state index in [2.05, 4.69) is 5.32 Å². The molecule has 2 aromatic carbocycles. The summed E-state index contributed by atoms with van der Waals surface area (Å²) in [5.41, 5.74) is 0.784. The predicted molar refractivity (Wildman–Crippen MR) is 98.1 cm³/mol. The Bertz CT molecular complexity index is 971. The number of carbonyl (C=O) groups is 1. The largest absolute Gasteiger partial charge is 0.322 e. The molecule has 0 unspecified atom stereocenters. The summed E-state index contributed by atoms with van der Waals surface area (Å²) in [7, 11) is -3.66. The Morgan fingerprint density at radius 1 is 1.00 bits per heavy atom. The van der Waals surface area contributed by atoms with Gasteiger partial charge in [-0.2, -0.15) is 4.31 Å². The molecule has 1 aliphatic heterocycles. The van der Waals surface area contributed by atoms with Gasteiger partial charge in [-0.1, -0.05) is 12.5 Å². The van der Waals surface area contributed by atoms with Gasteiger partial charge in [0.05, 0.1) is 4.90 Å². The Hall–Kier alpha value is -2.32. The monoisotopic (exact) mass is 394 g/mol. The molecule has 1 heterocycles. The van der Waals surface area contributed by atoms with Gasteiger partial charge >= 0.3 is 0 Å². The van der Waals surface area contributed by atoms with Gasteiger partial charge in [-0.05, 0) is 55.7 Å². The molecular weight excluding hydrogens is 374 g/mol. The van der Waals surface area contributed by atoms with Gasteiger partial charge in [0.15, 0.2) is 11.6 Å².